The van der Waals surface area contributed by atoms with E-state index in [9.17, 15) is 14.3 Å². The average Bonchev–Trinajstić information content (AvgIpc) is 3.02. The van der Waals surface area contributed by atoms with Gasteiger partial charge in [0.1, 0.15) is 17.2 Å². The van der Waals surface area contributed by atoms with Crippen LogP contribution in [0.15, 0.2) is 36.6 Å². The third-order valence-corrected chi connectivity index (χ3v) is 5.29. The average molecular weight is 362 g/mol. The van der Waals surface area contributed by atoms with Crippen molar-refractivity contribution < 1.29 is 28.5 Å². The number of hydrogen-bond donors (Lipinski definition) is 1. The maximum atomic E-state index is 14.4. The summed E-state index contributed by atoms with van der Waals surface area (Å²) in [6.07, 6.45) is 4.56. The van der Waals surface area contributed by atoms with Gasteiger partial charge in [-0.15, -0.1) is 6.58 Å². The van der Waals surface area contributed by atoms with Crippen LogP contribution in [0.3, 0.4) is 0 Å². The highest BCUT2D eigenvalue weighted by Gasteiger charge is 2.51. The molecule has 0 aromatic heterocycles. The summed E-state index contributed by atoms with van der Waals surface area (Å²) in [6, 6.07) is 2.54. The molecule has 0 radical (unpaired) electrons. The molecule has 1 saturated heterocycles. The van der Waals surface area contributed by atoms with Crippen LogP contribution in [0.4, 0.5) is 4.39 Å². The van der Waals surface area contributed by atoms with Crippen LogP contribution in [0.1, 0.15) is 25.3 Å². The lowest BCUT2D eigenvalue weighted by Crippen LogP contribution is -2.45. The van der Waals surface area contributed by atoms with E-state index in [4.69, 9.17) is 14.2 Å². The molecule has 1 heterocycles. The van der Waals surface area contributed by atoms with Crippen molar-refractivity contribution in [2.45, 2.75) is 31.8 Å². The minimum Gasteiger partial charge on any atom is -0.504 e. The molecular formula is C20H23FO5. The number of rotatable bonds is 6. The normalized spacial score (nSPS) is 25.9. The summed E-state index contributed by atoms with van der Waals surface area (Å²) >= 11 is 0. The summed E-state index contributed by atoms with van der Waals surface area (Å²) in [7, 11) is 1.37. The van der Waals surface area contributed by atoms with E-state index in [0.29, 0.717) is 30.6 Å². The summed E-state index contributed by atoms with van der Waals surface area (Å²) in [6.45, 7) is 5.72. The number of ether oxygens (including phenoxy) is 3. The maximum Gasteiger partial charge on any atom is 0.189 e. The first-order valence-electron chi connectivity index (χ1n) is 8.60. The number of hydrogen-bond acceptors (Lipinski definition) is 5. The summed E-state index contributed by atoms with van der Waals surface area (Å²) < 4.78 is 30.8. The number of fused-ring (bicyclic) bond motifs is 1. The van der Waals surface area contributed by atoms with Crippen LogP contribution in [0, 0.1) is 17.7 Å². The molecule has 6 heteroatoms. The Hall–Kier alpha value is -2.34. The van der Waals surface area contributed by atoms with Gasteiger partial charge in [-0.25, -0.2) is 4.39 Å². The van der Waals surface area contributed by atoms with Crippen molar-refractivity contribution in [2.75, 3.05) is 13.9 Å². The molecule has 1 fully saturated rings. The van der Waals surface area contributed by atoms with Gasteiger partial charge in [0.25, 0.3) is 0 Å². The minimum absolute atomic E-state index is 0.00139. The second-order valence-electron chi connectivity index (χ2n) is 6.85. The number of aromatic hydroxyl groups is 1. The fraction of sp³-hybridized carbons (Fsp3) is 0.450. The molecular weight excluding hydrogens is 339 g/mol. The van der Waals surface area contributed by atoms with Gasteiger partial charge in [0, 0.05) is 18.1 Å². The Morgan fingerprint density at radius 2 is 2.31 bits per heavy atom. The van der Waals surface area contributed by atoms with E-state index in [-0.39, 0.29) is 35.9 Å². The third-order valence-electron chi connectivity index (χ3n) is 5.29. The van der Waals surface area contributed by atoms with Crippen molar-refractivity contribution in [2.24, 2.45) is 11.8 Å². The number of allylic oxidation sites excluding steroid dienone is 2. The van der Waals surface area contributed by atoms with Gasteiger partial charge in [-0.3, -0.25) is 4.79 Å². The predicted molar refractivity (Wildman–Crippen MR) is 93.3 cm³/mol. The molecule has 0 saturated carbocycles. The van der Waals surface area contributed by atoms with Gasteiger partial charge in [0.2, 0.25) is 0 Å². The molecule has 3 rings (SSSR count). The number of ketones is 1. The highest BCUT2D eigenvalue weighted by Crippen LogP contribution is 2.46. The molecule has 3 atom stereocenters. The Morgan fingerprint density at radius 1 is 1.54 bits per heavy atom. The topological polar surface area (TPSA) is 65.0 Å². The molecule has 0 spiro atoms. The lowest BCUT2D eigenvalue weighted by molar-refractivity contribution is -0.123. The van der Waals surface area contributed by atoms with Crippen molar-refractivity contribution in [3.8, 4) is 11.5 Å². The second-order valence-corrected chi connectivity index (χ2v) is 6.85. The van der Waals surface area contributed by atoms with Crippen molar-refractivity contribution in [1.29, 1.82) is 0 Å². The van der Waals surface area contributed by atoms with Crippen molar-refractivity contribution in [3.05, 3.63) is 48.0 Å². The molecule has 1 aromatic carbocycles. The summed E-state index contributed by atoms with van der Waals surface area (Å²) in [5.74, 6) is -0.367. The Kier molecular flexibility index (Phi) is 5.05. The van der Waals surface area contributed by atoms with E-state index < -0.39 is 11.4 Å². The van der Waals surface area contributed by atoms with Crippen LogP contribution in [-0.2, 0) is 20.7 Å². The predicted octanol–water partition coefficient (Wildman–Crippen LogP) is 3.51. The smallest absolute Gasteiger partial charge is 0.189 e. The molecule has 0 amide bonds. The molecule has 0 unspecified atom stereocenters. The summed E-state index contributed by atoms with van der Waals surface area (Å²) in [4.78, 5) is 12.3. The van der Waals surface area contributed by atoms with Crippen molar-refractivity contribution in [1.82, 2.24) is 0 Å². The number of phenolic OH excluding ortho intramolecular Hbond substituents is 1. The van der Waals surface area contributed by atoms with Gasteiger partial charge < -0.3 is 19.3 Å². The van der Waals surface area contributed by atoms with Crippen LogP contribution >= 0.6 is 0 Å². The molecule has 2 aliphatic rings. The Labute approximate surface area is 152 Å². The second kappa shape index (κ2) is 7.11. The first kappa shape index (κ1) is 18.5. The first-order chi connectivity index (χ1) is 12.4. The fourth-order valence-corrected chi connectivity index (χ4v) is 3.82. The van der Waals surface area contributed by atoms with E-state index in [0.717, 1.165) is 0 Å². The van der Waals surface area contributed by atoms with E-state index in [1.165, 1.54) is 25.3 Å². The number of halogens is 1. The standard InChI is InChI=1S/C20H23FO5/c1-4-5-13-10-20(19(9-16(13)22)25-11-26-20)12(2)6-14-7-17(23)18(24-3)8-15(14)21/h4,7-9,12-13,23H,1,5-6,10-11H2,2-3H3/t12-,13-,20-/m1/s1. The van der Waals surface area contributed by atoms with E-state index in [1.54, 1.807) is 6.08 Å². The molecule has 1 aliphatic heterocycles. The van der Waals surface area contributed by atoms with Crippen LogP contribution < -0.4 is 4.74 Å². The highest BCUT2D eigenvalue weighted by atomic mass is 19.1. The third kappa shape index (κ3) is 3.09. The summed E-state index contributed by atoms with van der Waals surface area (Å²) in [5.41, 5.74) is -0.416. The van der Waals surface area contributed by atoms with Gasteiger partial charge in [-0.05, 0) is 36.8 Å². The van der Waals surface area contributed by atoms with Crippen LogP contribution in [-0.4, -0.2) is 30.4 Å². The quantitative estimate of drug-likeness (QED) is 0.785. The fourth-order valence-electron chi connectivity index (χ4n) is 3.82. The zero-order valence-corrected chi connectivity index (χ0v) is 15.0. The van der Waals surface area contributed by atoms with E-state index >= 15 is 0 Å². The van der Waals surface area contributed by atoms with E-state index in [2.05, 4.69) is 6.58 Å². The maximum absolute atomic E-state index is 14.4. The van der Waals surface area contributed by atoms with Crippen molar-refractivity contribution >= 4 is 5.78 Å². The molecule has 26 heavy (non-hydrogen) atoms. The zero-order valence-electron chi connectivity index (χ0n) is 15.0. The van der Waals surface area contributed by atoms with Gasteiger partial charge in [-0.1, -0.05) is 13.0 Å². The largest absolute Gasteiger partial charge is 0.504 e. The van der Waals surface area contributed by atoms with Crippen LogP contribution in [0.5, 0.6) is 11.5 Å². The highest BCUT2D eigenvalue weighted by molar-refractivity contribution is 5.93. The lowest BCUT2D eigenvalue weighted by Gasteiger charge is -2.38. The van der Waals surface area contributed by atoms with Crippen molar-refractivity contribution in [3.63, 3.8) is 0 Å². The van der Waals surface area contributed by atoms with Gasteiger partial charge in [0.05, 0.1) is 7.11 Å². The number of carbonyl (C=O) groups excluding carboxylic acids is 1. The number of benzene rings is 1. The lowest BCUT2D eigenvalue weighted by atomic mass is 9.71. The SMILES string of the molecule is C=CC[C@@H]1C[C@]2([C@H](C)Cc3cc(O)c(OC)cc3F)OCOC2=CC1=O. The van der Waals surface area contributed by atoms with Crippen LogP contribution in [0.2, 0.25) is 0 Å². The van der Waals surface area contributed by atoms with Gasteiger partial charge in [-0.2, -0.15) is 0 Å². The molecule has 140 valence electrons. The zero-order chi connectivity index (χ0) is 18.9. The van der Waals surface area contributed by atoms with Gasteiger partial charge in [0.15, 0.2) is 24.1 Å². The monoisotopic (exact) mass is 362 g/mol. The number of carbonyl (C=O) groups is 1. The summed E-state index contributed by atoms with van der Waals surface area (Å²) in [5, 5.41) is 9.96. The molecule has 1 aliphatic carbocycles. The molecule has 1 aromatic rings. The molecule has 1 N–H and O–H groups in total. The number of methoxy groups -OCH3 is 1. The molecule has 5 nitrogen and oxygen atoms in total. The molecule has 0 bridgehead atoms. The number of phenols is 1. The van der Waals surface area contributed by atoms with Crippen LogP contribution in [0.25, 0.3) is 0 Å². The Balaban J connectivity index is 1.89. The first-order valence-corrected chi connectivity index (χ1v) is 8.60. The van der Waals surface area contributed by atoms with E-state index in [1.807, 2.05) is 6.92 Å². The Morgan fingerprint density at radius 3 is 3.00 bits per heavy atom. The Bertz CT molecular complexity index is 757. The minimum atomic E-state index is -0.774. The van der Waals surface area contributed by atoms with Gasteiger partial charge >= 0.3 is 0 Å².